The minimum absolute atomic E-state index is 0.260. The minimum Gasteiger partial charge on any atom is -0.302 e. The van der Waals surface area contributed by atoms with Gasteiger partial charge in [-0.25, -0.2) is 0 Å². The highest BCUT2D eigenvalue weighted by Crippen LogP contribution is 2.31. The van der Waals surface area contributed by atoms with E-state index in [1.165, 1.54) is 25.8 Å². The van der Waals surface area contributed by atoms with E-state index in [9.17, 15) is 4.79 Å². The number of hydrogen-bond acceptors (Lipinski definition) is 2. The molecular weight excluding hydrogens is 138 g/mol. The van der Waals surface area contributed by atoms with Crippen LogP contribution < -0.4 is 0 Å². The van der Waals surface area contributed by atoms with Crippen molar-refractivity contribution in [1.82, 2.24) is 4.90 Å². The Kier molecular flexibility index (Phi) is 1.95. The van der Waals surface area contributed by atoms with Crippen LogP contribution in [0.5, 0.6) is 0 Å². The Morgan fingerprint density at radius 1 is 1.36 bits per heavy atom. The number of nitrogens with zero attached hydrogens (tertiary/aromatic N) is 1. The Morgan fingerprint density at radius 2 is 2.18 bits per heavy atom. The van der Waals surface area contributed by atoms with Crippen molar-refractivity contribution in [3.8, 4) is 0 Å². The second-order valence-electron chi connectivity index (χ2n) is 3.78. The van der Waals surface area contributed by atoms with E-state index in [4.69, 9.17) is 0 Å². The highest BCUT2D eigenvalue weighted by Gasteiger charge is 2.30. The average Bonchev–Trinajstić information content (AvgIpc) is 2.68. The number of hydrogen-bond donors (Lipinski definition) is 0. The molecule has 1 saturated carbocycles. The maximum absolute atomic E-state index is 10.6. The molecule has 1 unspecified atom stereocenters. The number of carbonyl (C=O) groups is 1. The van der Waals surface area contributed by atoms with Crippen molar-refractivity contribution in [1.29, 1.82) is 0 Å². The predicted molar refractivity (Wildman–Crippen MR) is 43.4 cm³/mol. The minimum atomic E-state index is 0.260. The zero-order chi connectivity index (χ0) is 7.68. The molecule has 1 aliphatic carbocycles. The van der Waals surface area contributed by atoms with Crippen LogP contribution in [0.3, 0.4) is 0 Å². The van der Waals surface area contributed by atoms with Crippen LogP contribution in [0.4, 0.5) is 0 Å². The molecule has 2 aliphatic rings. The monoisotopic (exact) mass is 153 g/mol. The molecule has 0 bridgehead atoms. The topological polar surface area (TPSA) is 20.3 Å². The van der Waals surface area contributed by atoms with Gasteiger partial charge in [0.25, 0.3) is 0 Å². The van der Waals surface area contributed by atoms with Gasteiger partial charge in [0, 0.05) is 6.54 Å². The fourth-order valence-corrected chi connectivity index (χ4v) is 1.86. The zero-order valence-corrected chi connectivity index (χ0v) is 6.83. The second-order valence-corrected chi connectivity index (χ2v) is 3.78. The van der Waals surface area contributed by atoms with Crippen LogP contribution in [0.1, 0.15) is 25.7 Å². The van der Waals surface area contributed by atoms with Crippen LogP contribution in [0.15, 0.2) is 0 Å². The zero-order valence-electron chi connectivity index (χ0n) is 6.83. The second kappa shape index (κ2) is 2.94. The molecule has 0 spiro atoms. The molecule has 0 radical (unpaired) electrons. The first kappa shape index (κ1) is 7.29. The molecule has 0 aromatic heterocycles. The molecule has 0 aromatic rings. The summed E-state index contributed by atoms with van der Waals surface area (Å²) in [6.45, 7) is 2.34. The number of rotatable bonds is 3. The van der Waals surface area contributed by atoms with Crippen LogP contribution in [0.2, 0.25) is 0 Å². The Morgan fingerprint density at radius 3 is 2.82 bits per heavy atom. The van der Waals surface area contributed by atoms with E-state index in [2.05, 4.69) is 4.90 Å². The van der Waals surface area contributed by atoms with Gasteiger partial charge in [-0.05, 0) is 38.1 Å². The SMILES string of the molecule is O=CC1CCCN1CC1CC1. The van der Waals surface area contributed by atoms with Crippen LogP contribution in [0.25, 0.3) is 0 Å². The standard InChI is InChI=1S/C9H15NO/c11-7-9-2-1-5-10(9)6-8-3-4-8/h7-9H,1-6H2. The first-order chi connectivity index (χ1) is 5.40. The van der Waals surface area contributed by atoms with Gasteiger partial charge in [0.15, 0.2) is 0 Å². The lowest BCUT2D eigenvalue weighted by molar-refractivity contribution is -0.111. The average molecular weight is 153 g/mol. The smallest absolute Gasteiger partial charge is 0.137 e. The summed E-state index contributed by atoms with van der Waals surface area (Å²) in [6.07, 6.45) is 6.21. The lowest BCUT2D eigenvalue weighted by Gasteiger charge is -2.18. The van der Waals surface area contributed by atoms with Crippen molar-refractivity contribution in [2.24, 2.45) is 5.92 Å². The normalized spacial score (nSPS) is 32.5. The molecule has 2 heteroatoms. The van der Waals surface area contributed by atoms with Gasteiger partial charge in [0.1, 0.15) is 6.29 Å². The Balaban J connectivity index is 1.84. The maximum atomic E-state index is 10.6. The number of aldehydes is 1. The fourth-order valence-electron chi connectivity index (χ4n) is 1.86. The molecule has 1 atom stereocenters. The third-order valence-corrected chi connectivity index (χ3v) is 2.76. The highest BCUT2D eigenvalue weighted by atomic mass is 16.1. The van der Waals surface area contributed by atoms with Crippen molar-refractivity contribution < 1.29 is 4.79 Å². The van der Waals surface area contributed by atoms with E-state index >= 15 is 0 Å². The lowest BCUT2D eigenvalue weighted by Crippen LogP contribution is -2.32. The molecule has 2 nitrogen and oxygen atoms in total. The predicted octanol–water partition coefficient (Wildman–Crippen LogP) is 1.06. The van der Waals surface area contributed by atoms with Gasteiger partial charge < -0.3 is 4.79 Å². The van der Waals surface area contributed by atoms with E-state index in [1.807, 2.05) is 0 Å². The van der Waals surface area contributed by atoms with Crippen molar-refractivity contribution in [3.05, 3.63) is 0 Å². The van der Waals surface area contributed by atoms with Crippen LogP contribution in [-0.2, 0) is 4.79 Å². The first-order valence-corrected chi connectivity index (χ1v) is 4.59. The third kappa shape index (κ3) is 1.62. The summed E-state index contributed by atoms with van der Waals surface area (Å²) in [5, 5.41) is 0. The van der Waals surface area contributed by atoms with Crippen molar-refractivity contribution in [3.63, 3.8) is 0 Å². The van der Waals surface area contributed by atoms with Gasteiger partial charge in [0.2, 0.25) is 0 Å². The summed E-state index contributed by atoms with van der Waals surface area (Å²) < 4.78 is 0. The fraction of sp³-hybridized carbons (Fsp3) is 0.889. The van der Waals surface area contributed by atoms with Gasteiger partial charge in [0.05, 0.1) is 6.04 Å². The molecule has 11 heavy (non-hydrogen) atoms. The van der Waals surface area contributed by atoms with Gasteiger partial charge in [-0.3, -0.25) is 4.90 Å². The summed E-state index contributed by atoms with van der Waals surface area (Å²) in [4.78, 5) is 12.9. The molecule has 2 rings (SSSR count). The van der Waals surface area contributed by atoms with Crippen LogP contribution >= 0.6 is 0 Å². The van der Waals surface area contributed by atoms with Gasteiger partial charge in [-0.2, -0.15) is 0 Å². The van der Waals surface area contributed by atoms with Gasteiger partial charge in [-0.1, -0.05) is 0 Å². The van der Waals surface area contributed by atoms with E-state index in [0.29, 0.717) is 0 Å². The quantitative estimate of drug-likeness (QED) is 0.565. The van der Waals surface area contributed by atoms with Crippen LogP contribution in [0, 0.1) is 5.92 Å². The largest absolute Gasteiger partial charge is 0.302 e. The van der Waals surface area contributed by atoms with Gasteiger partial charge >= 0.3 is 0 Å². The van der Waals surface area contributed by atoms with E-state index in [-0.39, 0.29) is 6.04 Å². The summed E-state index contributed by atoms with van der Waals surface area (Å²) >= 11 is 0. The van der Waals surface area contributed by atoms with Crippen molar-refractivity contribution in [2.45, 2.75) is 31.7 Å². The van der Waals surface area contributed by atoms with E-state index < -0.39 is 0 Å². The molecule has 1 saturated heterocycles. The molecule has 62 valence electrons. The summed E-state index contributed by atoms with van der Waals surface area (Å²) in [5.41, 5.74) is 0. The Bertz CT molecular complexity index is 154. The molecule has 2 fully saturated rings. The maximum Gasteiger partial charge on any atom is 0.137 e. The lowest BCUT2D eigenvalue weighted by atomic mass is 10.2. The Hall–Kier alpha value is -0.370. The van der Waals surface area contributed by atoms with Crippen LogP contribution in [-0.4, -0.2) is 30.3 Å². The summed E-state index contributed by atoms with van der Waals surface area (Å²) in [5.74, 6) is 0.926. The first-order valence-electron chi connectivity index (χ1n) is 4.59. The van der Waals surface area contributed by atoms with Crippen molar-refractivity contribution >= 4 is 6.29 Å². The highest BCUT2D eigenvalue weighted by molar-refractivity contribution is 5.58. The molecule has 1 heterocycles. The number of likely N-dealkylation sites (tertiary alicyclic amines) is 1. The molecular formula is C9H15NO. The molecule has 0 amide bonds. The van der Waals surface area contributed by atoms with Gasteiger partial charge in [-0.15, -0.1) is 0 Å². The third-order valence-electron chi connectivity index (χ3n) is 2.76. The molecule has 0 aromatic carbocycles. The Labute approximate surface area is 67.6 Å². The summed E-state index contributed by atoms with van der Waals surface area (Å²) in [7, 11) is 0. The van der Waals surface area contributed by atoms with E-state index in [1.54, 1.807) is 0 Å². The number of carbonyl (C=O) groups excluding carboxylic acids is 1. The summed E-state index contributed by atoms with van der Waals surface area (Å²) in [6, 6.07) is 0.260. The molecule has 1 aliphatic heterocycles. The van der Waals surface area contributed by atoms with Crippen molar-refractivity contribution in [2.75, 3.05) is 13.1 Å². The van der Waals surface area contributed by atoms with E-state index in [0.717, 1.165) is 25.2 Å². The molecule has 0 N–H and O–H groups in total.